The maximum Gasteiger partial charge on any atom is 0.255 e. The Labute approximate surface area is 181 Å². The molecule has 8 heteroatoms. The Kier molecular flexibility index (Phi) is 6.84. The topological polar surface area (TPSA) is 95.6 Å². The second-order valence-corrected chi connectivity index (χ2v) is 8.97. The number of nitrogens with one attached hydrogen (secondary N) is 2. The molecule has 0 atom stereocenters. The summed E-state index contributed by atoms with van der Waals surface area (Å²) in [5.74, 6) is -0.752. The van der Waals surface area contributed by atoms with Crippen LogP contribution in [0.5, 0.6) is 0 Å². The molecule has 3 aromatic rings. The molecule has 0 aromatic heterocycles. The Morgan fingerprint density at radius 3 is 1.97 bits per heavy atom. The van der Waals surface area contributed by atoms with Crippen LogP contribution in [0, 0.1) is 6.92 Å². The number of rotatable bonds is 7. The summed E-state index contributed by atoms with van der Waals surface area (Å²) in [4.78, 5) is 25.0. The zero-order chi connectivity index (χ0) is 22.4. The van der Waals surface area contributed by atoms with Gasteiger partial charge in [0.25, 0.3) is 5.91 Å². The van der Waals surface area contributed by atoms with Gasteiger partial charge in [-0.05, 0) is 48.9 Å². The van der Waals surface area contributed by atoms with Gasteiger partial charge in [0.05, 0.1) is 11.4 Å². The molecule has 0 saturated carbocycles. The van der Waals surface area contributed by atoms with Crippen LogP contribution in [-0.2, 0) is 14.8 Å². The van der Waals surface area contributed by atoms with E-state index < -0.39 is 15.9 Å². The molecule has 7 nitrogen and oxygen atoms in total. The number of hydrogen-bond donors (Lipinski definition) is 2. The van der Waals surface area contributed by atoms with E-state index >= 15 is 0 Å². The molecule has 0 radical (unpaired) electrons. The number of hydrogen-bond acceptors (Lipinski definition) is 4. The molecule has 0 aliphatic rings. The Balaban J connectivity index is 1.69. The molecular formula is C23H23N3O4S. The number of nitrogens with zero attached hydrogens (tertiary/aromatic N) is 1. The SMILES string of the molecule is Cc1c(NC(=O)CN(C)S(=O)(=O)c2ccccc2)cccc1NC(=O)c1ccccc1. The minimum atomic E-state index is -3.78. The summed E-state index contributed by atoms with van der Waals surface area (Å²) in [6, 6.07) is 21.8. The van der Waals surface area contributed by atoms with E-state index in [9.17, 15) is 18.0 Å². The van der Waals surface area contributed by atoms with Crippen LogP contribution in [0.1, 0.15) is 15.9 Å². The summed E-state index contributed by atoms with van der Waals surface area (Å²) >= 11 is 0. The van der Waals surface area contributed by atoms with E-state index in [1.54, 1.807) is 67.6 Å². The summed E-state index contributed by atoms with van der Waals surface area (Å²) < 4.78 is 26.2. The van der Waals surface area contributed by atoms with E-state index in [1.807, 2.05) is 6.07 Å². The fraction of sp³-hybridized carbons (Fsp3) is 0.130. The quantitative estimate of drug-likeness (QED) is 0.591. The number of carbonyl (C=O) groups excluding carboxylic acids is 2. The van der Waals surface area contributed by atoms with Gasteiger partial charge in [-0.1, -0.05) is 42.5 Å². The molecule has 0 spiro atoms. The highest BCUT2D eigenvalue weighted by Gasteiger charge is 2.23. The zero-order valence-corrected chi connectivity index (χ0v) is 18.0. The normalized spacial score (nSPS) is 11.2. The number of amides is 2. The molecule has 31 heavy (non-hydrogen) atoms. The average molecular weight is 438 g/mol. The summed E-state index contributed by atoms with van der Waals surface area (Å²) in [6.45, 7) is 1.41. The van der Waals surface area contributed by atoms with Crippen molar-refractivity contribution < 1.29 is 18.0 Å². The third kappa shape index (κ3) is 5.36. The van der Waals surface area contributed by atoms with Gasteiger partial charge >= 0.3 is 0 Å². The van der Waals surface area contributed by atoms with Gasteiger partial charge in [-0.3, -0.25) is 9.59 Å². The summed E-state index contributed by atoms with van der Waals surface area (Å²) in [5.41, 5.74) is 2.22. The summed E-state index contributed by atoms with van der Waals surface area (Å²) in [5, 5.41) is 5.55. The first-order valence-electron chi connectivity index (χ1n) is 9.56. The third-order valence-electron chi connectivity index (χ3n) is 4.71. The lowest BCUT2D eigenvalue weighted by atomic mass is 10.1. The van der Waals surface area contributed by atoms with Gasteiger partial charge < -0.3 is 10.6 Å². The highest BCUT2D eigenvalue weighted by atomic mass is 32.2. The van der Waals surface area contributed by atoms with Crippen LogP contribution < -0.4 is 10.6 Å². The second-order valence-electron chi connectivity index (χ2n) is 6.92. The number of sulfonamides is 1. The number of benzene rings is 3. The molecule has 2 N–H and O–H groups in total. The van der Waals surface area contributed by atoms with Crippen LogP contribution in [0.2, 0.25) is 0 Å². The molecule has 0 aliphatic heterocycles. The van der Waals surface area contributed by atoms with E-state index in [4.69, 9.17) is 0 Å². The Hall–Kier alpha value is -3.49. The van der Waals surface area contributed by atoms with Gasteiger partial charge in [-0.15, -0.1) is 0 Å². The van der Waals surface area contributed by atoms with Gasteiger partial charge in [0.1, 0.15) is 0 Å². The predicted molar refractivity (Wildman–Crippen MR) is 120 cm³/mol. The molecule has 0 bridgehead atoms. The smallest absolute Gasteiger partial charge is 0.255 e. The fourth-order valence-electron chi connectivity index (χ4n) is 2.94. The molecule has 0 heterocycles. The van der Waals surface area contributed by atoms with Gasteiger partial charge in [-0.2, -0.15) is 4.31 Å². The van der Waals surface area contributed by atoms with Crippen molar-refractivity contribution in [1.82, 2.24) is 4.31 Å². The molecule has 3 aromatic carbocycles. The molecular weight excluding hydrogens is 414 g/mol. The van der Waals surface area contributed by atoms with Crippen LogP contribution in [-0.4, -0.2) is 38.1 Å². The van der Waals surface area contributed by atoms with Crippen molar-refractivity contribution >= 4 is 33.2 Å². The second kappa shape index (κ2) is 9.55. The Morgan fingerprint density at radius 1 is 0.806 bits per heavy atom. The van der Waals surface area contributed by atoms with Crippen molar-refractivity contribution in [2.45, 2.75) is 11.8 Å². The first-order valence-corrected chi connectivity index (χ1v) is 11.0. The van der Waals surface area contributed by atoms with Gasteiger partial charge in [0.15, 0.2) is 0 Å². The van der Waals surface area contributed by atoms with E-state index in [0.717, 1.165) is 4.31 Å². The van der Waals surface area contributed by atoms with E-state index in [1.165, 1.54) is 19.2 Å². The maximum atomic E-state index is 12.6. The first-order chi connectivity index (χ1) is 14.8. The van der Waals surface area contributed by atoms with Crippen LogP contribution in [0.4, 0.5) is 11.4 Å². The standard InChI is InChI=1S/C23H23N3O4S/c1-17-20(14-9-15-21(17)25-23(28)18-10-5-3-6-11-18)24-22(27)16-26(2)31(29,30)19-12-7-4-8-13-19/h3-15H,16H2,1-2H3,(H,24,27)(H,25,28). The van der Waals surface area contributed by atoms with Crippen molar-refractivity contribution in [2.75, 3.05) is 24.2 Å². The van der Waals surface area contributed by atoms with Gasteiger partial charge in [-0.25, -0.2) is 8.42 Å². The third-order valence-corrected chi connectivity index (χ3v) is 6.53. The highest BCUT2D eigenvalue weighted by molar-refractivity contribution is 7.89. The minimum absolute atomic E-state index is 0.118. The maximum absolute atomic E-state index is 12.6. The largest absolute Gasteiger partial charge is 0.325 e. The minimum Gasteiger partial charge on any atom is -0.325 e. The molecule has 0 fully saturated rings. The average Bonchev–Trinajstić information content (AvgIpc) is 2.77. The van der Waals surface area contributed by atoms with Crippen molar-refractivity contribution in [1.29, 1.82) is 0 Å². The summed E-state index contributed by atoms with van der Waals surface area (Å²) in [7, 11) is -2.42. The number of anilines is 2. The molecule has 0 saturated heterocycles. The van der Waals surface area contributed by atoms with Crippen LogP contribution in [0.15, 0.2) is 83.8 Å². The lowest BCUT2D eigenvalue weighted by molar-refractivity contribution is -0.116. The van der Waals surface area contributed by atoms with E-state index in [0.29, 0.717) is 22.5 Å². The van der Waals surface area contributed by atoms with Gasteiger partial charge in [0, 0.05) is 24.0 Å². The van der Waals surface area contributed by atoms with Crippen molar-refractivity contribution in [3.8, 4) is 0 Å². The van der Waals surface area contributed by atoms with Gasteiger partial charge in [0.2, 0.25) is 15.9 Å². The lowest BCUT2D eigenvalue weighted by Crippen LogP contribution is -2.35. The molecule has 3 rings (SSSR count). The highest BCUT2D eigenvalue weighted by Crippen LogP contribution is 2.24. The predicted octanol–water partition coefficient (Wildman–Crippen LogP) is 3.51. The monoisotopic (exact) mass is 437 g/mol. The number of carbonyl (C=O) groups is 2. The van der Waals surface area contributed by atoms with Crippen LogP contribution in [0.25, 0.3) is 0 Å². The first kappa shape index (κ1) is 22.2. The molecule has 160 valence electrons. The zero-order valence-electron chi connectivity index (χ0n) is 17.2. The van der Waals surface area contributed by atoms with Crippen molar-refractivity contribution in [3.63, 3.8) is 0 Å². The molecule has 0 unspecified atom stereocenters. The fourth-order valence-corrected chi connectivity index (χ4v) is 4.09. The van der Waals surface area contributed by atoms with Crippen molar-refractivity contribution in [2.24, 2.45) is 0 Å². The van der Waals surface area contributed by atoms with Crippen molar-refractivity contribution in [3.05, 3.63) is 90.0 Å². The summed E-state index contributed by atoms with van der Waals surface area (Å²) in [6.07, 6.45) is 0. The van der Waals surface area contributed by atoms with E-state index in [-0.39, 0.29) is 17.3 Å². The Bertz CT molecular complexity index is 1180. The van der Waals surface area contributed by atoms with Crippen LogP contribution >= 0.6 is 0 Å². The lowest BCUT2D eigenvalue weighted by Gasteiger charge is -2.18. The molecule has 2 amide bonds. The molecule has 0 aliphatic carbocycles. The number of likely N-dealkylation sites (N-methyl/N-ethyl adjacent to an activating group) is 1. The Morgan fingerprint density at radius 2 is 1.35 bits per heavy atom. The van der Waals surface area contributed by atoms with Crippen LogP contribution in [0.3, 0.4) is 0 Å². The van der Waals surface area contributed by atoms with E-state index in [2.05, 4.69) is 10.6 Å².